The average molecular weight is 276 g/mol. The second-order valence-electron chi connectivity index (χ2n) is 5.94. The first-order valence-corrected chi connectivity index (χ1v) is 7.58. The quantitative estimate of drug-likeness (QED) is 0.786. The van der Waals surface area contributed by atoms with Crippen LogP contribution in [0.4, 0.5) is 5.69 Å². The van der Waals surface area contributed by atoms with Crippen LogP contribution in [0.25, 0.3) is 0 Å². The van der Waals surface area contributed by atoms with Crippen LogP contribution in [0.5, 0.6) is 0 Å². The lowest BCUT2D eigenvalue weighted by atomic mass is 10.1. The van der Waals surface area contributed by atoms with E-state index in [1.165, 1.54) is 38.3 Å². The van der Waals surface area contributed by atoms with Crippen LogP contribution in [0.3, 0.4) is 0 Å². The van der Waals surface area contributed by atoms with Gasteiger partial charge in [0.15, 0.2) is 0 Å². The molecule has 0 unspecified atom stereocenters. The normalized spacial score (nSPS) is 17.8. The Bertz CT molecular complexity index is 397. The van der Waals surface area contributed by atoms with Gasteiger partial charge in [-0.2, -0.15) is 0 Å². The maximum atomic E-state index is 5.99. The van der Waals surface area contributed by atoms with Gasteiger partial charge in [0.1, 0.15) is 0 Å². The molecule has 0 amide bonds. The highest BCUT2D eigenvalue weighted by Gasteiger charge is 2.16. The summed E-state index contributed by atoms with van der Waals surface area (Å²) in [5.41, 5.74) is 8.20. The van der Waals surface area contributed by atoms with Gasteiger partial charge < -0.3 is 15.5 Å². The van der Waals surface area contributed by atoms with Crippen LogP contribution < -0.4 is 5.73 Å². The number of rotatable bonds is 6. The number of nitrogens with two attached hydrogens (primary N) is 1. The third kappa shape index (κ3) is 4.78. The fraction of sp³-hybridized carbons (Fsp3) is 0.625. The Morgan fingerprint density at radius 1 is 1.00 bits per heavy atom. The molecule has 0 atom stereocenters. The van der Waals surface area contributed by atoms with Crippen molar-refractivity contribution in [3.8, 4) is 0 Å². The first-order valence-electron chi connectivity index (χ1n) is 7.58. The van der Waals surface area contributed by atoms with Crippen molar-refractivity contribution in [3.63, 3.8) is 0 Å². The standard InChI is InChI=1S/C16H28N4/c1-18(2)9-10-20-13-11-19(12-14-20)8-7-15-5-3-4-6-16(15)17/h3-6H,7-14,17H2,1-2H3. The van der Waals surface area contributed by atoms with Crippen LogP contribution >= 0.6 is 0 Å². The van der Waals surface area contributed by atoms with E-state index in [1.807, 2.05) is 12.1 Å². The third-order valence-corrected chi connectivity index (χ3v) is 4.08. The van der Waals surface area contributed by atoms with E-state index < -0.39 is 0 Å². The second kappa shape index (κ2) is 7.62. The zero-order valence-electron chi connectivity index (χ0n) is 12.9. The van der Waals surface area contributed by atoms with Crippen molar-refractivity contribution in [1.29, 1.82) is 0 Å². The molecule has 4 nitrogen and oxygen atoms in total. The summed E-state index contributed by atoms with van der Waals surface area (Å²) in [7, 11) is 4.28. The van der Waals surface area contributed by atoms with E-state index in [1.54, 1.807) is 0 Å². The Morgan fingerprint density at radius 2 is 1.60 bits per heavy atom. The molecule has 1 aromatic rings. The first kappa shape index (κ1) is 15.3. The lowest BCUT2D eigenvalue weighted by molar-refractivity contribution is 0.126. The van der Waals surface area contributed by atoms with Gasteiger partial charge >= 0.3 is 0 Å². The lowest BCUT2D eigenvalue weighted by Gasteiger charge is -2.35. The smallest absolute Gasteiger partial charge is 0.0347 e. The van der Waals surface area contributed by atoms with Crippen LogP contribution in [-0.2, 0) is 6.42 Å². The van der Waals surface area contributed by atoms with E-state index in [-0.39, 0.29) is 0 Å². The predicted molar refractivity (Wildman–Crippen MR) is 86.0 cm³/mol. The van der Waals surface area contributed by atoms with Crippen molar-refractivity contribution in [2.24, 2.45) is 0 Å². The number of hydrogen-bond acceptors (Lipinski definition) is 4. The number of anilines is 1. The number of para-hydroxylation sites is 1. The van der Waals surface area contributed by atoms with Gasteiger partial charge in [0, 0.05) is 51.5 Å². The molecule has 0 spiro atoms. The molecule has 1 fully saturated rings. The fourth-order valence-corrected chi connectivity index (χ4v) is 2.62. The molecule has 1 aliphatic rings. The van der Waals surface area contributed by atoms with Crippen molar-refractivity contribution in [2.75, 3.05) is 65.6 Å². The minimum Gasteiger partial charge on any atom is -0.399 e. The summed E-state index contributed by atoms with van der Waals surface area (Å²) >= 11 is 0. The molecule has 2 rings (SSSR count). The van der Waals surface area contributed by atoms with E-state index in [9.17, 15) is 0 Å². The van der Waals surface area contributed by atoms with Crippen molar-refractivity contribution >= 4 is 5.69 Å². The molecule has 0 aliphatic carbocycles. The van der Waals surface area contributed by atoms with Crippen LogP contribution in [0.15, 0.2) is 24.3 Å². The summed E-state index contributed by atoms with van der Waals surface area (Å²) in [5, 5.41) is 0. The molecule has 20 heavy (non-hydrogen) atoms. The van der Waals surface area contributed by atoms with Crippen molar-refractivity contribution in [3.05, 3.63) is 29.8 Å². The lowest BCUT2D eigenvalue weighted by Crippen LogP contribution is -2.48. The number of likely N-dealkylation sites (N-methyl/N-ethyl adjacent to an activating group) is 1. The van der Waals surface area contributed by atoms with E-state index >= 15 is 0 Å². The molecule has 0 saturated carbocycles. The average Bonchev–Trinajstić information content (AvgIpc) is 2.45. The van der Waals surface area contributed by atoms with Crippen LogP contribution in [-0.4, -0.2) is 74.6 Å². The van der Waals surface area contributed by atoms with Crippen molar-refractivity contribution in [1.82, 2.24) is 14.7 Å². The van der Waals surface area contributed by atoms with Crippen molar-refractivity contribution in [2.45, 2.75) is 6.42 Å². The SMILES string of the molecule is CN(C)CCN1CCN(CCc2ccccc2N)CC1. The zero-order chi connectivity index (χ0) is 14.4. The summed E-state index contributed by atoms with van der Waals surface area (Å²) in [4.78, 5) is 7.37. The van der Waals surface area contributed by atoms with Gasteiger partial charge in [-0.05, 0) is 32.1 Å². The van der Waals surface area contributed by atoms with Gasteiger partial charge in [0.2, 0.25) is 0 Å². The molecule has 1 saturated heterocycles. The van der Waals surface area contributed by atoms with Gasteiger partial charge in [-0.15, -0.1) is 0 Å². The highest BCUT2D eigenvalue weighted by Crippen LogP contribution is 2.12. The summed E-state index contributed by atoms with van der Waals surface area (Å²) in [6.45, 7) is 8.21. The number of benzene rings is 1. The number of nitrogens with zero attached hydrogens (tertiary/aromatic N) is 3. The maximum absolute atomic E-state index is 5.99. The minimum atomic E-state index is 0.928. The third-order valence-electron chi connectivity index (χ3n) is 4.08. The molecular formula is C16H28N4. The molecule has 112 valence electrons. The second-order valence-corrected chi connectivity index (χ2v) is 5.94. The number of piperazine rings is 1. The molecule has 0 bridgehead atoms. The number of nitrogen functional groups attached to an aromatic ring is 1. The Morgan fingerprint density at radius 3 is 2.20 bits per heavy atom. The summed E-state index contributed by atoms with van der Waals surface area (Å²) in [6, 6.07) is 8.21. The molecule has 4 heteroatoms. The van der Waals surface area contributed by atoms with Crippen LogP contribution in [0, 0.1) is 0 Å². The van der Waals surface area contributed by atoms with Gasteiger partial charge in [-0.3, -0.25) is 4.90 Å². The molecule has 1 heterocycles. The number of hydrogen-bond donors (Lipinski definition) is 1. The molecular weight excluding hydrogens is 248 g/mol. The Kier molecular flexibility index (Phi) is 5.83. The Hall–Kier alpha value is -1.10. The van der Waals surface area contributed by atoms with Gasteiger partial charge in [-0.1, -0.05) is 18.2 Å². The van der Waals surface area contributed by atoms with Crippen LogP contribution in [0.2, 0.25) is 0 Å². The molecule has 0 aromatic heterocycles. The minimum absolute atomic E-state index is 0.928. The highest BCUT2D eigenvalue weighted by atomic mass is 15.3. The van der Waals surface area contributed by atoms with E-state index in [0.717, 1.165) is 25.2 Å². The largest absolute Gasteiger partial charge is 0.399 e. The summed E-state index contributed by atoms with van der Waals surface area (Å²) in [6.07, 6.45) is 1.06. The molecule has 1 aromatic carbocycles. The van der Waals surface area contributed by atoms with E-state index in [4.69, 9.17) is 5.73 Å². The van der Waals surface area contributed by atoms with Crippen LogP contribution in [0.1, 0.15) is 5.56 Å². The Balaban J connectivity index is 1.68. The monoisotopic (exact) mass is 276 g/mol. The predicted octanol–water partition coefficient (Wildman–Crippen LogP) is 0.991. The molecule has 2 N–H and O–H groups in total. The summed E-state index contributed by atoms with van der Waals surface area (Å²) < 4.78 is 0. The Labute approximate surface area is 123 Å². The maximum Gasteiger partial charge on any atom is 0.0347 e. The highest BCUT2D eigenvalue weighted by molar-refractivity contribution is 5.46. The van der Waals surface area contributed by atoms with Gasteiger partial charge in [0.25, 0.3) is 0 Å². The first-order chi connectivity index (χ1) is 9.65. The zero-order valence-corrected chi connectivity index (χ0v) is 12.9. The van der Waals surface area contributed by atoms with E-state index in [0.29, 0.717) is 0 Å². The summed E-state index contributed by atoms with van der Waals surface area (Å²) in [5.74, 6) is 0. The van der Waals surface area contributed by atoms with E-state index in [2.05, 4.69) is 40.9 Å². The molecule has 0 radical (unpaired) electrons. The fourth-order valence-electron chi connectivity index (χ4n) is 2.62. The van der Waals surface area contributed by atoms with Gasteiger partial charge in [-0.25, -0.2) is 0 Å². The molecule has 1 aliphatic heterocycles. The van der Waals surface area contributed by atoms with Gasteiger partial charge in [0.05, 0.1) is 0 Å². The topological polar surface area (TPSA) is 35.7 Å². The van der Waals surface area contributed by atoms with Crippen molar-refractivity contribution < 1.29 is 0 Å².